The Balaban J connectivity index is 1.31. The molecule has 1 aliphatic heterocycles. The van der Waals surface area contributed by atoms with Gasteiger partial charge in [0, 0.05) is 43.8 Å². The van der Waals surface area contributed by atoms with Crippen molar-refractivity contribution in [2.45, 2.75) is 57.3 Å². The fourth-order valence-electron chi connectivity index (χ4n) is 4.74. The average molecular weight is 535 g/mol. The maximum atomic E-state index is 14.1. The van der Waals surface area contributed by atoms with Crippen LogP contribution in [0.5, 0.6) is 5.75 Å². The Morgan fingerprint density at radius 1 is 1.05 bits per heavy atom. The molecule has 0 bridgehead atoms. The van der Waals surface area contributed by atoms with Gasteiger partial charge in [0.15, 0.2) is 17.4 Å². The molecular formula is C28H28F2N6O3. The lowest BCUT2D eigenvalue weighted by atomic mass is 10.0. The van der Waals surface area contributed by atoms with Gasteiger partial charge < -0.3 is 14.7 Å². The van der Waals surface area contributed by atoms with E-state index in [1.165, 1.54) is 32.2 Å². The predicted molar refractivity (Wildman–Crippen MR) is 140 cm³/mol. The van der Waals surface area contributed by atoms with Gasteiger partial charge in [-0.25, -0.2) is 18.7 Å². The zero-order chi connectivity index (χ0) is 27.3. The summed E-state index contributed by atoms with van der Waals surface area (Å²) < 4.78 is 35.2. The molecule has 1 aromatic carbocycles. The molecule has 9 nitrogen and oxygen atoms in total. The number of hydrogen-bond acceptors (Lipinski definition) is 8. The van der Waals surface area contributed by atoms with Crippen LogP contribution in [0.2, 0.25) is 0 Å². The number of carbonyl (C=O) groups excluding carboxylic acids is 1. The van der Waals surface area contributed by atoms with Crippen molar-refractivity contribution in [1.29, 1.82) is 0 Å². The minimum absolute atomic E-state index is 0.0324. The SMILES string of the molecule is CC(C)(O)C(=O)c1cc2nc(N3CCC(Oc4ccc(F)cc4F)CC3)c(-c3cnn(C4CC4)c3)nc2cn1. The number of aliphatic hydroxyl groups is 1. The van der Waals surface area contributed by atoms with E-state index in [4.69, 9.17) is 14.7 Å². The van der Waals surface area contributed by atoms with Gasteiger partial charge in [-0.1, -0.05) is 0 Å². The second-order valence-corrected chi connectivity index (χ2v) is 10.7. The molecule has 6 rings (SSSR count). The topological polar surface area (TPSA) is 106 Å². The smallest absolute Gasteiger partial charge is 0.212 e. The third-order valence-corrected chi connectivity index (χ3v) is 7.05. The number of rotatable bonds is 7. The Morgan fingerprint density at radius 2 is 1.82 bits per heavy atom. The first-order valence-corrected chi connectivity index (χ1v) is 13.0. The highest BCUT2D eigenvalue weighted by Crippen LogP contribution is 2.37. The van der Waals surface area contributed by atoms with Crippen LogP contribution in [0.3, 0.4) is 0 Å². The van der Waals surface area contributed by atoms with Gasteiger partial charge in [0.25, 0.3) is 0 Å². The maximum absolute atomic E-state index is 14.1. The predicted octanol–water partition coefficient (Wildman–Crippen LogP) is 4.50. The summed E-state index contributed by atoms with van der Waals surface area (Å²) in [6.07, 6.45) is 8.40. The van der Waals surface area contributed by atoms with Gasteiger partial charge in [0.2, 0.25) is 5.78 Å². The first kappa shape index (κ1) is 25.3. The van der Waals surface area contributed by atoms with Crippen LogP contribution in [-0.4, -0.2) is 60.4 Å². The molecule has 0 radical (unpaired) electrons. The lowest BCUT2D eigenvalue weighted by Crippen LogP contribution is -2.39. The minimum atomic E-state index is -1.57. The molecule has 3 aromatic heterocycles. The van der Waals surface area contributed by atoms with Gasteiger partial charge in [-0.2, -0.15) is 5.10 Å². The lowest BCUT2D eigenvalue weighted by Gasteiger charge is -2.33. The molecule has 11 heteroatoms. The van der Waals surface area contributed by atoms with E-state index in [0.717, 1.165) is 24.5 Å². The average Bonchev–Trinajstić information content (AvgIpc) is 3.65. The summed E-state index contributed by atoms with van der Waals surface area (Å²) in [5.74, 6) is -1.21. The van der Waals surface area contributed by atoms with Gasteiger partial charge in [-0.05, 0) is 44.9 Å². The molecule has 0 atom stereocenters. The largest absolute Gasteiger partial charge is 0.487 e. The number of ether oxygens (including phenoxy) is 1. The standard InChI is InChI=1S/C28H28F2N6O3/c1-28(2,38)26(37)22-12-21-23(14-31-22)33-25(16-13-32-36(15-16)18-4-5-18)27(34-21)35-9-7-19(8-10-35)39-24-6-3-17(29)11-20(24)30/h3,6,11-15,18-19,38H,4-5,7-10H2,1-2H3. The van der Waals surface area contributed by atoms with Gasteiger partial charge in [-0.3, -0.25) is 14.5 Å². The van der Waals surface area contributed by atoms with Crippen molar-refractivity contribution in [2.75, 3.05) is 18.0 Å². The molecule has 1 saturated carbocycles. The van der Waals surface area contributed by atoms with Crippen molar-refractivity contribution in [3.8, 4) is 17.0 Å². The Hall–Kier alpha value is -3.99. The number of Topliss-reactive ketones (excluding diaryl/α,β-unsaturated/α-hetero) is 1. The second kappa shape index (κ2) is 9.64. The molecule has 1 N–H and O–H groups in total. The zero-order valence-electron chi connectivity index (χ0n) is 21.6. The Kier molecular flexibility index (Phi) is 6.25. The van der Waals surface area contributed by atoms with Gasteiger partial charge in [-0.15, -0.1) is 0 Å². The van der Waals surface area contributed by atoms with Crippen LogP contribution in [0, 0.1) is 11.6 Å². The Bertz CT molecular complexity index is 1550. The molecule has 2 fully saturated rings. The molecule has 1 saturated heterocycles. The highest BCUT2D eigenvalue weighted by molar-refractivity contribution is 6.02. The van der Waals surface area contributed by atoms with Gasteiger partial charge in [0.05, 0.1) is 24.0 Å². The quantitative estimate of drug-likeness (QED) is 0.346. The van der Waals surface area contributed by atoms with E-state index in [1.807, 2.05) is 10.9 Å². The molecule has 0 amide bonds. The zero-order valence-corrected chi connectivity index (χ0v) is 21.6. The first-order chi connectivity index (χ1) is 18.7. The van der Waals surface area contributed by atoms with Crippen LogP contribution in [-0.2, 0) is 0 Å². The number of benzene rings is 1. The van der Waals surface area contributed by atoms with E-state index >= 15 is 0 Å². The number of hydrogen-bond donors (Lipinski definition) is 1. The summed E-state index contributed by atoms with van der Waals surface area (Å²) in [7, 11) is 0. The Labute approximate surface area is 223 Å². The number of nitrogens with zero attached hydrogens (tertiary/aromatic N) is 6. The number of halogens is 2. The molecule has 1 aliphatic carbocycles. The normalized spacial score (nSPS) is 16.6. The lowest BCUT2D eigenvalue weighted by molar-refractivity contribution is 0.0482. The highest BCUT2D eigenvalue weighted by Gasteiger charge is 2.30. The van der Waals surface area contributed by atoms with Crippen LogP contribution in [0.25, 0.3) is 22.3 Å². The van der Waals surface area contributed by atoms with Crippen LogP contribution in [0.1, 0.15) is 56.1 Å². The fraction of sp³-hybridized carbons (Fsp3) is 0.393. The van der Waals surface area contributed by atoms with Crippen molar-refractivity contribution >= 4 is 22.6 Å². The number of piperidine rings is 1. The van der Waals surface area contributed by atoms with E-state index in [9.17, 15) is 18.7 Å². The maximum Gasteiger partial charge on any atom is 0.212 e. The summed E-state index contributed by atoms with van der Waals surface area (Å²) >= 11 is 0. The molecule has 0 spiro atoms. The summed E-state index contributed by atoms with van der Waals surface area (Å²) in [6, 6.07) is 5.26. The number of anilines is 1. The number of carbonyl (C=O) groups is 1. The van der Waals surface area contributed by atoms with E-state index in [0.29, 0.717) is 54.5 Å². The monoisotopic (exact) mass is 534 g/mol. The molecule has 4 heterocycles. The summed E-state index contributed by atoms with van der Waals surface area (Å²) in [5.41, 5.74) is 1.03. The Morgan fingerprint density at radius 3 is 2.51 bits per heavy atom. The van der Waals surface area contributed by atoms with Crippen molar-refractivity contribution in [1.82, 2.24) is 24.7 Å². The van der Waals surface area contributed by atoms with Gasteiger partial charge >= 0.3 is 0 Å². The van der Waals surface area contributed by atoms with Crippen LogP contribution >= 0.6 is 0 Å². The number of ketones is 1. The number of aromatic nitrogens is 5. The fourth-order valence-corrected chi connectivity index (χ4v) is 4.74. The van der Waals surface area contributed by atoms with E-state index in [-0.39, 0.29) is 17.5 Å². The van der Waals surface area contributed by atoms with Crippen molar-refractivity contribution in [3.05, 3.63) is 60.2 Å². The molecule has 202 valence electrons. The third-order valence-electron chi connectivity index (χ3n) is 7.05. The number of fused-ring (bicyclic) bond motifs is 1. The molecular weight excluding hydrogens is 506 g/mol. The molecule has 4 aromatic rings. The summed E-state index contributed by atoms with van der Waals surface area (Å²) in [4.78, 5) is 28.8. The second-order valence-electron chi connectivity index (χ2n) is 10.7. The number of pyridine rings is 1. The van der Waals surface area contributed by atoms with Crippen molar-refractivity contribution in [3.63, 3.8) is 0 Å². The van der Waals surface area contributed by atoms with E-state index < -0.39 is 23.0 Å². The van der Waals surface area contributed by atoms with Gasteiger partial charge in [0.1, 0.15) is 34.4 Å². The summed E-state index contributed by atoms with van der Waals surface area (Å²) in [6.45, 7) is 3.97. The first-order valence-electron chi connectivity index (χ1n) is 13.0. The third kappa shape index (κ3) is 5.18. The van der Waals surface area contributed by atoms with Crippen molar-refractivity contribution in [2.24, 2.45) is 0 Å². The van der Waals surface area contributed by atoms with Crippen LogP contribution in [0.15, 0.2) is 42.9 Å². The molecule has 0 unspecified atom stereocenters. The van der Waals surface area contributed by atoms with Crippen LogP contribution in [0.4, 0.5) is 14.6 Å². The van der Waals surface area contributed by atoms with Crippen LogP contribution < -0.4 is 9.64 Å². The van der Waals surface area contributed by atoms with E-state index in [1.54, 1.807) is 12.3 Å². The minimum Gasteiger partial charge on any atom is -0.487 e. The molecule has 2 aliphatic rings. The summed E-state index contributed by atoms with van der Waals surface area (Å²) in [5, 5.41) is 14.7. The molecule has 39 heavy (non-hydrogen) atoms. The highest BCUT2D eigenvalue weighted by atomic mass is 19.1. The van der Waals surface area contributed by atoms with Crippen molar-refractivity contribution < 1.29 is 23.4 Å². The van der Waals surface area contributed by atoms with E-state index in [2.05, 4.69) is 15.0 Å².